The van der Waals surface area contributed by atoms with Crippen LogP contribution in [-0.2, 0) is 11.3 Å². The summed E-state index contributed by atoms with van der Waals surface area (Å²) in [5.74, 6) is -0.0110. The molecule has 0 atom stereocenters. The van der Waals surface area contributed by atoms with Gasteiger partial charge in [-0.2, -0.15) is 0 Å². The molecule has 4 nitrogen and oxygen atoms in total. The summed E-state index contributed by atoms with van der Waals surface area (Å²) in [6.07, 6.45) is 2.71. The highest BCUT2D eigenvalue weighted by Gasteiger charge is 2.25. The Morgan fingerprint density at radius 3 is 3.00 bits per heavy atom. The maximum Gasteiger partial charge on any atom is 0.221 e. The number of nitrogens with one attached hydrogen (secondary N) is 2. The second kappa shape index (κ2) is 6.31. The van der Waals surface area contributed by atoms with Crippen LogP contribution in [0.1, 0.15) is 24.6 Å². The van der Waals surface area contributed by atoms with Crippen LogP contribution in [0.15, 0.2) is 11.4 Å². The summed E-state index contributed by atoms with van der Waals surface area (Å²) >= 11 is 1.68. The Morgan fingerprint density at radius 2 is 2.33 bits per heavy atom. The van der Waals surface area contributed by atoms with Crippen LogP contribution in [0.2, 0.25) is 0 Å². The maximum atomic E-state index is 11.0. The first-order valence-electron chi connectivity index (χ1n) is 6.41. The SMILES string of the molecule is CC(=O)Nc1ccsc1CNCCN(C)C1CC1. The van der Waals surface area contributed by atoms with Crippen LogP contribution in [0.4, 0.5) is 5.69 Å². The quantitative estimate of drug-likeness (QED) is 0.742. The molecule has 1 heterocycles. The Morgan fingerprint density at radius 1 is 1.56 bits per heavy atom. The average molecular weight is 267 g/mol. The summed E-state index contributed by atoms with van der Waals surface area (Å²) in [4.78, 5) is 14.6. The lowest BCUT2D eigenvalue weighted by Gasteiger charge is -2.15. The van der Waals surface area contributed by atoms with Crippen LogP contribution in [0.5, 0.6) is 0 Å². The molecule has 0 aliphatic heterocycles. The largest absolute Gasteiger partial charge is 0.325 e. The number of thiophene rings is 1. The lowest BCUT2D eigenvalue weighted by atomic mass is 10.3. The number of nitrogens with zero attached hydrogens (tertiary/aromatic N) is 1. The first-order valence-corrected chi connectivity index (χ1v) is 7.29. The highest BCUT2D eigenvalue weighted by molar-refractivity contribution is 7.10. The molecular weight excluding hydrogens is 246 g/mol. The second-order valence-corrected chi connectivity index (χ2v) is 5.83. The standard InChI is InChI=1S/C13H21N3OS/c1-10(17)15-12-5-8-18-13(12)9-14-6-7-16(2)11-3-4-11/h5,8,11,14H,3-4,6-7,9H2,1-2H3,(H,15,17). The average Bonchev–Trinajstić information content (AvgIpc) is 3.08. The number of rotatable bonds is 7. The van der Waals surface area contributed by atoms with Crippen molar-refractivity contribution in [3.63, 3.8) is 0 Å². The Balaban J connectivity index is 1.69. The zero-order chi connectivity index (χ0) is 13.0. The van der Waals surface area contributed by atoms with E-state index in [1.807, 2.05) is 11.4 Å². The highest BCUT2D eigenvalue weighted by atomic mass is 32.1. The minimum atomic E-state index is -0.0110. The van der Waals surface area contributed by atoms with Crippen molar-refractivity contribution in [3.8, 4) is 0 Å². The van der Waals surface area contributed by atoms with Crippen molar-refractivity contribution in [2.75, 3.05) is 25.5 Å². The molecule has 0 saturated heterocycles. The predicted octanol–water partition coefficient (Wildman–Crippen LogP) is 1.89. The molecule has 2 rings (SSSR count). The number of likely N-dealkylation sites (N-methyl/N-ethyl adjacent to an activating group) is 1. The van der Waals surface area contributed by atoms with Crippen molar-refractivity contribution in [1.82, 2.24) is 10.2 Å². The minimum Gasteiger partial charge on any atom is -0.325 e. The van der Waals surface area contributed by atoms with E-state index in [-0.39, 0.29) is 5.91 Å². The third-order valence-corrected chi connectivity index (χ3v) is 4.07. The predicted molar refractivity (Wildman–Crippen MR) is 76.0 cm³/mol. The topological polar surface area (TPSA) is 44.4 Å². The fourth-order valence-electron chi connectivity index (χ4n) is 1.93. The van der Waals surface area contributed by atoms with Gasteiger partial charge in [0.1, 0.15) is 0 Å². The number of carbonyl (C=O) groups is 1. The van der Waals surface area contributed by atoms with Crippen molar-refractivity contribution >= 4 is 22.9 Å². The number of amides is 1. The van der Waals surface area contributed by atoms with Crippen molar-refractivity contribution in [2.45, 2.75) is 32.4 Å². The van der Waals surface area contributed by atoms with Crippen LogP contribution >= 0.6 is 11.3 Å². The zero-order valence-corrected chi connectivity index (χ0v) is 11.8. The van der Waals surface area contributed by atoms with Crippen molar-refractivity contribution in [2.24, 2.45) is 0 Å². The number of anilines is 1. The maximum absolute atomic E-state index is 11.0. The lowest BCUT2D eigenvalue weighted by Crippen LogP contribution is -2.30. The first-order chi connectivity index (χ1) is 8.66. The van der Waals surface area contributed by atoms with Gasteiger partial charge in [-0.1, -0.05) is 0 Å². The molecule has 100 valence electrons. The Kier molecular flexibility index (Phi) is 4.74. The van der Waals surface area contributed by atoms with Gasteiger partial charge >= 0.3 is 0 Å². The van der Waals surface area contributed by atoms with Gasteiger partial charge in [-0.3, -0.25) is 4.79 Å². The molecule has 1 saturated carbocycles. The molecule has 18 heavy (non-hydrogen) atoms. The van der Waals surface area contributed by atoms with E-state index in [1.165, 1.54) is 17.7 Å². The van der Waals surface area contributed by atoms with Gasteiger partial charge in [0.15, 0.2) is 0 Å². The van der Waals surface area contributed by atoms with Gasteiger partial charge in [0.05, 0.1) is 5.69 Å². The van der Waals surface area contributed by atoms with E-state index in [0.717, 1.165) is 31.4 Å². The molecule has 0 unspecified atom stereocenters. The summed E-state index contributed by atoms with van der Waals surface area (Å²) in [6, 6.07) is 2.78. The van der Waals surface area contributed by atoms with Gasteiger partial charge < -0.3 is 15.5 Å². The Labute approximate surface area is 112 Å². The van der Waals surface area contributed by atoms with Gasteiger partial charge in [0.2, 0.25) is 5.91 Å². The molecule has 0 spiro atoms. The van der Waals surface area contributed by atoms with E-state index in [4.69, 9.17) is 0 Å². The van der Waals surface area contributed by atoms with E-state index in [9.17, 15) is 4.79 Å². The molecule has 1 aliphatic carbocycles. The van der Waals surface area contributed by atoms with Crippen LogP contribution in [-0.4, -0.2) is 37.0 Å². The van der Waals surface area contributed by atoms with Gasteiger partial charge in [-0.25, -0.2) is 0 Å². The van der Waals surface area contributed by atoms with Crippen molar-refractivity contribution in [3.05, 3.63) is 16.3 Å². The fraction of sp³-hybridized carbons (Fsp3) is 0.615. The molecule has 5 heteroatoms. The summed E-state index contributed by atoms with van der Waals surface area (Å²) in [5.41, 5.74) is 0.940. The van der Waals surface area contributed by atoms with E-state index < -0.39 is 0 Å². The molecule has 2 N–H and O–H groups in total. The summed E-state index contributed by atoms with van der Waals surface area (Å²) in [5, 5.41) is 8.30. The fourth-order valence-corrected chi connectivity index (χ4v) is 2.73. The molecule has 0 aromatic carbocycles. The van der Waals surface area contributed by atoms with Crippen LogP contribution in [0.3, 0.4) is 0 Å². The Bertz CT molecular complexity index is 401. The van der Waals surface area contributed by atoms with Gasteiger partial charge in [0, 0.05) is 37.5 Å². The second-order valence-electron chi connectivity index (χ2n) is 4.83. The zero-order valence-electron chi connectivity index (χ0n) is 11.0. The third-order valence-electron chi connectivity index (χ3n) is 3.15. The van der Waals surface area contributed by atoms with Gasteiger partial charge in [-0.15, -0.1) is 11.3 Å². The van der Waals surface area contributed by atoms with E-state index in [1.54, 1.807) is 18.3 Å². The summed E-state index contributed by atoms with van der Waals surface area (Å²) in [6.45, 7) is 4.45. The van der Waals surface area contributed by atoms with Gasteiger partial charge in [-0.05, 0) is 31.3 Å². The number of hydrogen-bond donors (Lipinski definition) is 2. The molecule has 1 aliphatic rings. The van der Waals surface area contributed by atoms with Crippen LogP contribution in [0, 0.1) is 0 Å². The monoisotopic (exact) mass is 267 g/mol. The molecule has 1 aromatic heterocycles. The third kappa shape index (κ3) is 4.08. The Hall–Kier alpha value is -0.910. The van der Waals surface area contributed by atoms with E-state index in [0.29, 0.717) is 0 Å². The number of hydrogen-bond acceptors (Lipinski definition) is 4. The summed E-state index contributed by atoms with van der Waals surface area (Å²) < 4.78 is 0. The molecule has 1 fully saturated rings. The van der Waals surface area contributed by atoms with Crippen molar-refractivity contribution in [1.29, 1.82) is 0 Å². The van der Waals surface area contributed by atoms with Crippen LogP contribution < -0.4 is 10.6 Å². The molecule has 0 bridgehead atoms. The van der Waals surface area contributed by atoms with Crippen molar-refractivity contribution < 1.29 is 4.79 Å². The lowest BCUT2D eigenvalue weighted by molar-refractivity contribution is -0.114. The highest BCUT2D eigenvalue weighted by Crippen LogP contribution is 2.25. The first kappa shape index (κ1) is 13.5. The minimum absolute atomic E-state index is 0.0110. The van der Waals surface area contributed by atoms with E-state index in [2.05, 4.69) is 22.6 Å². The molecule has 1 aromatic rings. The van der Waals surface area contributed by atoms with Crippen LogP contribution in [0.25, 0.3) is 0 Å². The number of carbonyl (C=O) groups excluding carboxylic acids is 1. The normalized spacial score (nSPS) is 15.1. The smallest absolute Gasteiger partial charge is 0.221 e. The summed E-state index contributed by atoms with van der Waals surface area (Å²) in [7, 11) is 2.19. The molecular formula is C13H21N3OS. The molecule has 0 radical (unpaired) electrons. The van der Waals surface area contributed by atoms with Gasteiger partial charge in [0.25, 0.3) is 0 Å². The molecule has 1 amide bonds. The van der Waals surface area contributed by atoms with E-state index >= 15 is 0 Å².